The second-order valence-electron chi connectivity index (χ2n) is 11.9. The highest BCUT2D eigenvalue weighted by Crippen LogP contribution is 2.36. The summed E-state index contributed by atoms with van der Waals surface area (Å²) < 4.78 is 16.2. The molecule has 0 radical (unpaired) electrons. The Morgan fingerprint density at radius 1 is 0.940 bits per heavy atom. The highest BCUT2D eigenvalue weighted by atomic mass is 35.5. The molecule has 1 aromatic heterocycles. The number of hydrogen-bond donors (Lipinski definition) is 6. The van der Waals surface area contributed by atoms with E-state index in [0.717, 1.165) is 22.3 Å². The van der Waals surface area contributed by atoms with Crippen LogP contribution in [0.1, 0.15) is 75.6 Å². The van der Waals surface area contributed by atoms with Gasteiger partial charge in [0.1, 0.15) is 23.8 Å². The van der Waals surface area contributed by atoms with Crippen LogP contribution in [0.2, 0.25) is 10.0 Å². The maximum absolute atomic E-state index is 9.06. The highest BCUT2D eigenvalue weighted by molar-refractivity contribution is 6.31. The van der Waals surface area contributed by atoms with Crippen molar-refractivity contribution in [3.63, 3.8) is 0 Å². The van der Waals surface area contributed by atoms with Crippen molar-refractivity contribution in [1.29, 1.82) is 5.26 Å². The minimum Gasteiger partial charge on any atom is -0.500 e. The summed E-state index contributed by atoms with van der Waals surface area (Å²) in [6.07, 6.45) is 2.77. The Bertz CT molecular complexity index is 1640. The Morgan fingerprint density at radius 2 is 1.48 bits per heavy atom. The van der Waals surface area contributed by atoms with E-state index in [1.165, 1.54) is 19.6 Å². The molecule has 9 N–H and O–H groups in total. The molecule has 0 aliphatic rings. The predicted octanol–water partition coefficient (Wildman–Crippen LogP) is 6.53. The van der Waals surface area contributed by atoms with Gasteiger partial charge in [-0.15, -0.1) is 0 Å². The van der Waals surface area contributed by atoms with Gasteiger partial charge in [0.15, 0.2) is 17.5 Å². The summed E-state index contributed by atoms with van der Waals surface area (Å²) >= 11 is 12.3. The molecule has 0 spiro atoms. The first kappa shape index (κ1) is 43.5. The molecule has 0 amide bonds. The summed E-state index contributed by atoms with van der Waals surface area (Å²) in [5, 5.41) is 30.5. The van der Waals surface area contributed by atoms with Crippen LogP contribution in [-0.2, 0) is 4.74 Å². The van der Waals surface area contributed by atoms with E-state index in [9.17, 15) is 0 Å². The lowest BCUT2D eigenvalue weighted by atomic mass is 10.00. The number of nitrogens with two attached hydrogens (primary N) is 3. The molecule has 3 aromatic rings. The first-order chi connectivity index (χ1) is 23.5. The number of nitrogens with one attached hydrogen (secondary N) is 1. The summed E-state index contributed by atoms with van der Waals surface area (Å²) in [5.41, 5.74) is 20.0. The number of allylic oxidation sites excluding steroid dienone is 1. The lowest BCUT2D eigenvalue weighted by Gasteiger charge is -2.17. The van der Waals surface area contributed by atoms with Gasteiger partial charge in [0.25, 0.3) is 0 Å². The van der Waals surface area contributed by atoms with Crippen LogP contribution in [-0.4, -0.2) is 58.5 Å². The number of methoxy groups -OCH3 is 1. The van der Waals surface area contributed by atoms with Crippen molar-refractivity contribution >= 4 is 40.9 Å². The highest BCUT2D eigenvalue weighted by Gasteiger charge is 2.15. The van der Waals surface area contributed by atoms with E-state index >= 15 is 0 Å². The second kappa shape index (κ2) is 21.6. The fraction of sp³-hybridized carbons (Fsp3) is 0.429. The zero-order valence-electron chi connectivity index (χ0n) is 30.1. The first-order valence-electron chi connectivity index (χ1n) is 15.8. The average molecular weight is 734 g/mol. The largest absolute Gasteiger partial charge is 0.500 e. The van der Waals surface area contributed by atoms with Crippen LogP contribution in [0.15, 0.2) is 47.5 Å². The molecular formula is C35H50Cl2N8O5. The zero-order valence-corrected chi connectivity index (χ0v) is 31.6. The number of anilines is 2. The van der Waals surface area contributed by atoms with Gasteiger partial charge in [0, 0.05) is 16.1 Å². The Labute approximate surface area is 305 Å². The maximum Gasteiger partial charge on any atom is 0.238 e. The maximum atomic E-state index is 9.06. The van der Waals surface area contributed by atoms with Crippen molar-refractivity contribution < 1.29 is 24.4 Å². The molecule has 0 unspecified atom stereocenters. The quantitative estimate of drug-likeness (QED) is 0.0506. The molecule has 2 aromatic carbocycles. The molecule has 50 heavy (non-hydrogen) atoms. The molecule has 2 atom stereocenters. The number of halogens is 2. The van der Waals surface area contributed by atoms with Crippen molar-refractivity contribution in [2.24, 2.45) is 16.5 Å². The monoisotopic (exact) mass is 732 g/mol. The van der Waals surface area contributed by atoms with Crippen molar-refractivity contribution in [1.82, 2.24) is 9.97 Å². The Hall–Kier alpha value is -4.48. The summed E-state index contributed by atoms with van der Waals surface area (Å²) in [6.45, 7) is 15.7. The van der Waals surface area contributed by atoms with E-state index in [-0.39, 0.29) is 54.7 Å². The number of aliphatic hydroxyl groups excluding tert-OH is 2. The Morgan fingerprint density at radius 3 is 1.90 bits per heavy atom. The molecular weight excluding hydrogens is 683 g/mol. The topological polar surface area (TPSA) is 220 Å². The van der Waals surface area contributed by atoms with E-state index in [2.05, 4.69) is 48.0 Å². The third kappa shape index (κ3) is 14.6. The number of rotatable bonds is 12. The van der Waals surface area contributed by atoms with Gasteiger partial charge >= 0.3 is 0 Å². The molecule has 0 aliphatic heterocycles. The minimum atomic E-state index is -0.181. The summed E-state index contributed by atoms with van der Waals surface area (Å²) in [7, 11) is 1.46. The number of aliphatic hydroxyl groups is 2. The SMILES string of the molecule is CO/C=C(\C#N)Oc1cc(Cl)c(C)cc1C(C)C.C[C@H](CO)N=C(N)N.Cc1cc(C(C)C)c(Oc2cnc(N[C@H](C)CO)nc2N)cc1Cl. The van der Waals surface area contributed by atoms with E-state index in [4.69, 9.17) is 70.1 Å². The lowest BCUT2D eigenvalue weighted by Crippen LogP contribution is -2.25. The summed E-state index contributed by atoms with van der Waals surface area (Å²) in [5.74, 6) is 2.80. The minimum absolute atomic E-state index is 0.0160. The number of nitrogens with zero attached hydrogens (tertiary/aromatic N) is 4. The smallest absolute Gasteiger partial charge is 0.238 e. The molecule has 13 nitrogen and oxygen atoms in total. The van der Waals surface area contributed by atoms with Crippen molar-refractivity contribution in [3.8, 4) is 23.3 Å². The second-order valence-corrected chi connectivity index (χ2v) is 12.7. The molecule has 274 valence electrons. The number of hydrogen-bond acceptors (Lipinski definition) is 11. The number of guanidine groups is 1. The zero-order chi connectivity index (χ0) is 38.1. The third-order valence-corrected chi connectivity index (χ3v) is 7.48. The summed E-state index contributed by atoms with van der Waals surface area (Å²) in [6, 6.07) is 9.08. The van der Waals surface area contributed by atoms with Crippen LogP contribution in [0.3, 0.4) is 0 Å². The normalized spacial score (nSPS) is 12.0. The third-order valence-electron chi connectivity index (χ3n) is 6.67. The van der Waals surface area contributed by atoms with Gasteiger partial charge < -0.3 is 46.9 Å². The standard InChI is InChI=1S/C17H23ClN4O2.C14H16ClNO2.C4H11N3O/c1-9(2)12-5-10(3)13(18)6-14(12)24-15-7-20-17(22-16(15)19)21-11(4)8-23;1-9(2)12-5-10(3)13(15)6-14(12)18-11(7-16)8-17-4;1-3(2-8)7-4(5)6/h5-7,9,11,23H,8H2,1-4H3,(H3,19,20,21,22);5-6,8-9H,1-4H3;3,8H,2H2,1H3,(H4,5,6,7)/b;11-8+;/t11-;;3-/m1.1/s1. The van der Waals surface area contributed by atoms with E-state index in [0.29, 0.717) is 33.2 Å². The number of ether oxygens (including phenoxy) is 3. The van der Waals surface area contributed by atoms with E-state index < -0.39 is 0 Å². The number of aromatic nitrogens is 2. The number of nitrogen functional groups attached to an aromatic ring is 1. The van der Waals surface area contributed by atoms with Crippen LogP contribution in [0.4, 0.5) is 11.8 Å². The number of benzene rings is 2. The van der Waals surface area contributed by atoms with Crippen molar-refractivity contribution in [3.05, 3.63) is 74.8 Å². The van der Waals surface area contributed by atoms with Crippen LogP contribution in [0.25, 0.3) is 0 Å². The molecule has 3 rings (SSSR count). The molecule has 1 heterocycles. The van der Waals surface area contributed by atoms with Crippen molar-refractivity contribution in [2.45, 2.75) is 79.3 Å². The number of nitriles is 1. The molecule has 15 heteroatoms. The van der Waals surface area contributed by atoms with Crippen LogP contribution in [0, 0.1) is 25.2 Å². The van der Waals surface area contributed by atoms with Gasteiger partial charge in [-0.3, -0.25) is 0 Å². The molecule has 0 bridgehead atoms. The number of aryl methyl sites for hydroxylation is 2. The van der Waals surface area contributed by atoms with E-state index in [1.54, 1.807) is 19.1 Å². The Balaban J connectivity index is 0.000000423. The van der Waals surface area contributed by atoms with Crippen LogP contribution < -0.4 is 32.0 Å². The Kier molecular flexibility index (Phi) is 18.8. The van der Waals surface area contributed by atoms with Gasteiger partial charge in [0.2, 0.25) is 11.7 Å². The number of aliphatic imine (C=N–C) groups is 1. The molecule has 0 aliphatic carbocycles. The molecule has 0 saturated carbocycles. The summed E-state index contributed by atoms with van der Waals surface area (Å²) in [4.78, 5) is 11.9. The fourth-order valence-corrected chi connectivity index (χ4v) is 4.27. The van der Waals surface area contributed by atoms with Crippen molar-refractivity contribution in [2.75, 3.05) is 31.4 Å². The van der Waals surface area contributed by atoms with Gasteiger partial charge in [-0.2, -0.15) is 10.2 Å². The molecule has 0 fully saturated rings. The lowest BCUT2D eigenvalue weighted by molar-refractivity contribution is 0.274. The van der Waals surface area contributed by atoms with Crippen LogP contribution in [0.5, 0.6) is 17.2 Å². The van der Waals surface area contributed by atoms with Gasteiger partial charge in [0.05, 0.1) is 32.6 Å². The van der Waals surface area contributed by atoms with Gasteiger partial charge in [-0.1, -0.05) is 63.0 Å². The first-order valence-corrected chi connectivity index (χ1v) is 16.5. The predicted molar refractivity (Wildman–Crippen MR) is 201 cm³/mol. The van der Waals surface area contributed by atoms with Gasteiger partial charge in [-0.05, 0) is 73.9 Å². The van der Waals surface area contributed by atoms with Crippen LogP contribution >= 0.6 is 23.2 Å². The average Bonchev–Trinajstić information content (AvgIpc) is 3.05. The van der Waals surface area contributed by atoms with E-state index in [1.807, 2.05) is 39.0 Å². The van der Waals surface area contributed by atoms with Gasteiger partial charge in [-0.25, -0.2) is 9.98 Å². The molecule has 0 saturated heterocycles. The fourth-order valence-electron chi connectivity index (χ4n) is 3.96.